The Morgan fingerprint density at radius 3 is 2.33 bits per heavy atom. The number of halogens is 1. The van der Waals surface area contributed by atoms with Gasteiger partial charge in [0.05, 0.1) is 33.4 Å². The van der Waals surface area contributed by atoms with Crippen molar-refractivity contribution in [2.45, 2.75) is 13.0 Å². The maximum absolute atomic E-state index is 11.5. The van der Waals surface area contributed by atoms with E-state index < -0.39 is 0 Å². The third-order valence-electron chi connectivity index (χ3n) is 4.59. The summed E-state index contributed by atoms with van der Waals surface area (Å²) >= 11 is 0. The van der Waals surface area contributed by atoms with Crippen molar-refractivity contribution in [3.63, 3.8) is 0 Å². The molecule has 1 aromatic heterocycles. The van der Waals surface area contributed by atoms with Gasteiger partial charge in [-0.2, -0.15) is 0 Å². The van der Waals surface area contributed by atoms with Gasteiger partial charge in [-0.3, -0.25) is 0 Å². The third-order valence-corrected chi connectivity index (χ3v) is 4.59. The first-order valence-electron chi connectivity index (χ1n) is 9.33. The van der Waals surface area contributed by atoms with Gasteiger partial charge in [-0.1, -0.05) is 18.2 Å². The van der Waals surface area contributed by atoms with E-state index in [0.29, 0.717) is 12.1 Å². The molecule has 6 nitrogen and oxygen atoms in total. The first kappa shape index (κ1) is 23.3. The zero-order valence-electron chi connectivity index (χ0n) is 17.3. The summed E-state index contributed by atoms with van der Waals surface area (Å²) in [5, 5.41) is 3.39. The first-order valence-corrected chi connectivity index (χ1v) is 9.33. The molecular weight excluding hydrogens is 406 g/mol. The molecule has 7 heteroatoms. The van der Waals surface area contributed by atoms with Crippen LogP contribution in [-0.2, 0) is 17.7 Å². The molecule has 0 unspecified atom stereocenters. The fraction of sp³-hybridized carbons (Fsp3) is 0.261. The Labute approximate surface area is 182 Å². The minimum atomic E-state index is -0.352. The summed E-state index contributed by atoms with van der Waals surface area (Å²) in [6.07, 6.45) is 0.864. The number of nitrogens with one attached hydrogen (secondary N) is 1. The van der Waals surface area contributed by atoms with Crippen LogP contribution in [-0.4, -0.2) is 33.8 Å². The molecule has 0 saturated heterocycles. The molecule has 0 aliphatic rings. The first-order chi connectivity index (χ1) is 14.1. The number of esters is 1. The lowest BCUT2D eigenvalue weighted by atomic mass is 10.1. The number of ether oxygens (including phenoxy) is 3. The van der Waals surface area contributed by atoms with Crippen molar-refractivity contribution < 1.29 is 23.4 Å². The molecule has 0 fully saturated rings. The van der Waals surface area contributed by atoms with Gasteiger partial charge in [-0.05, 0) is 54.9 Å². The largest absolute Gasteiger partial charge is 0.493 e. The van der Waals surface area contributed by atoms with Gasteiger partial charge < -0.3 is 23.9 Å². The number of hydrogen-bond donors (Lipinski definition) is 1. The van der Waals surface area contributed by atoms with Gasteiger partial charge in [0.2, 0.25) is 0 Å². The van der Waals surface area contributed by atoms with Gasteiger partial charge in [0.25, 0.3) is 0 Å². The van der Waals surface area contributed by atoms with Gasteiger partial charge in [0.15, 0.2) is 11.5 Å². The SMILES string of the molecule is COC(=O)c1ccc(-c2ccc(CNCCc3ccc(OC)c(OC)c3)o2)cc1.Cl. The molecule has 3 aromatic rings. The van der Waals surface area contributed by atoms with E-state index in [9.17, 15) is 4.79 Å². The Kier molecular flexibility index (Phi) is 8.77. The summed E-state index contributed by atoms with van der Waals surface area (Å²) in [6, 6.07) is 17.0. The minimum Gasteiger partial charge on any atom is -0.493 e. The molecule has 0 saturated carbocycles. The van der Waals surface area contributed by atoms with Crippen LogP contribution in [0.15, 0.2) is 59.0 Å². The number of carbonyl (C=O) groups is 1. The number of methoxy groups -OCH3 is 3. The quantitative estimate of drug-likeness (QED) is 0.397. The standard InChI is InChI=1S/C23H25NO5.ClH/c1-26-21-10-4-16(14-22(21)27-2)12-13-24-15-19-9-11-20(29-19)17-5-7-18(8-6-17)23(25)28-3;/h4-11,14,24H,12-13,15H2,1-3H3;1H. The second kappa shape index (κ2) is 11.3. The Morgan fingerprint density at radius 2 is 1.67 bits per heavy atom. The molecular formula is C23H26ClNO5. The van der Waals surface area contributed by atoms with E-state index in [-0.39, 0.29) is 18.4 Å². The Hall–Kier alpha value is -2.96. The summed E-state index contributed by atoms with van der Waals surface area (Å²) in [5.74, 6) is 2.73. The second-order valence-electron chi connectivity index (χ2n) is 6.45. The van der Waals surface area contributed by atoms with E-state index in [4.69, 9.17) is 18.6 Å². The topological polar surface area (TPSA) is 69.9 Å². The van der Waals surface area contributed by atoms with E-state index in [1.807, 2.05) is 42.5 Å². The summed E-state index contributed by atoms with van der Waals surface area (Å²) < 4.78 is 21.2. The molecule has 3 rings (SSSR count). The summed E-state index contributed by atoms with van der Waals surface area (Å²) in [7, 11) is 4.63. The fourth-order valence-electron chi connectivity index (χ4n) is 3.00. The summed E-state index contributed by atoms with van der Waals surface area (Å²) in [5.41, 5.74) is 2.59. The summed E-state index contributed by atoms with van der Waals surface area (Å²) in [4.78, 5) is 11.5. The number of benzene rings is 2. The highest BCUT2D eigenvalue weighted by molar-refractivity contribution is 5.89. The van der Waals surface area contributed by atoms with Crippen molar-refractivity contribution in [1.29, 1.82) is 0 Å². The molecule has 30 heavy (non-hydrogen) atoms. The number of hydrogen-bond acceptors (Lipinski definition) is 6. The predicted molar refractivity (Wildman–Crippen MR) is 118 cm³/mol. The van der Waals surface area contributed by atoms with Crippen LogP contribution in [0.25, 0.3) is 11.3 Å². The van der Waals surface area contributed by atoms with Crippen molar-refractivity contribution >= 4 is 18.4 Å². The average molecular weight is 432 g/mol. The lowest BCUT2D eigenvalue weighted by Crippen LogP contribution is -2.16. The van der Waals surface area contributed by atoms with E-state index >= 15 is 0 Å². The Balaban J connectivity index is 0.00000320. The predicted octanol–water partition coefficient (Wildman–Crippen LogP) is 4.50. The van der Waals surface area contributed by atoms with Crippen molar-refractivity contribution in [1.82, 2.24) is 5.32 Å². The molecule has 1 heterocycles. The molecule has 0 aliphatic heterocycles. The van der Waals surface area contributed by atoms with Crippen molar-refractivity contribution in [2.24, 2.45) is 0 Å². The second-order valence-corrected chi connectivity index (χ2v) is 6.45. The smallest absolute Gasteiger partial charge is 0.337 e. The van der Waals surface area contributed by atoms with Crippen LogP contribution in [0.1, 0.15) is 21.7 Å². The highest BCUT2D eigenvalue weighted by atomic mass is 35.5. The third kappa shape index (κ3) is 5.78. The van der Waals surface area contributed by atoms with Crippen molar-refractivity contribution in [3.8, 4) is 22.8 Å². The van der Waals surface area contributed by atoms with Crippen LogP contribution >= 0.6 is 12.4 Å². The molecule has 160 valence electrons. The van der Waals surface area contributed by atoms with Crippen LogP contribution in [0.5, 0.6) is 11.5 Å². The van der Waals surface area contributed by atoms with Crippen molar-refractivity contribution in [2.75, 3.05) is 27.9 Å². The van der Waals surface area contributed by atoms with Gasteiger partial charge in [0.1, 0.15) is 11.5 Å². The van der Waals surface area contributed by atoms with Crippen LogP contribution < -0.4 is 14.8 Å². The molecule has 1 N–H and O–H groups in total. The maximum atomic E-state index is 11.5. The maximum Gasteiger partial charge on any atom is 0.337 e. The highest BCUT2D eigenvalue weighted by Gasteiger charge is 2.08. The van der Waals surface area contributed by atoms with Gasteiger partial charge in [-0.15, -0.1) is 12.4 Å². The van der Waals surface area contributed by atoms with Gasteiger partial charge in [0, 0.05) is 5.56 Å². The van der Waals surface area contributed by atoms with E-state index in [1.54, 1.807) is 26.4 Å². The lowest BCUT2D eigenvalue weighted by molar-refractivity contribution is 0.0600. The molecule has 0 radical (unpaired) electrons. The highest BCUT2D eigenvalue weighted by Crippen LogP contribution is 2.27. The van der Waals surface area contributed by atoms with Crippen LogP contribution in [0.3, 0.4) is 0 Å². The molecule has 0 spiro atoms. The molecule has 2 aromatic carbocycles. The lowest BCUT2D eigenvalue weighted by Gasteiger charge is -2.09. The van der Waals surface area contributed by atoms with E-state index in [1.165, 1.54) is 12.7 Å². The Bertz CT molecular complexity index is 952. The van der Waals surface area contributed by atoms with Crippen LogP contribution in [0.4, 0.5) is 0 Å². The minimum absolute atomic E-state index is 0. The zero-order chi connectivity index (χ0) is 20.6. The zero-order valence-corrected chi connectivity index (χ0v) is 18.1. The van der Waals surface area contributed by atoms with Crippen molar-refractivity contribution in [3.05, 3.63) is 71.5 Å². The number of carbonyl (C=O) groups excluding carboxylic acids is 1. The Morgan fingerprint density at radius 1 is 0.933 bits per heavy atom. The molecule has 0 bridgehead atoms. The fourth-order valence-corrected chi connectivity index (χ4v) is 3.00. The summed E-state index contributed by atoms with van der Waals surface area (Å²) in [6.45, 7) is 1.44. The van der Waals surface area contributed by atoms with Gasteiger partial charge >= 0.3 is 5.97 Å². The normalized spacial score (nSPS) is 10.2. The number of rotatable bonds is 9. The molecule has 0 amide bonds. The molecule has 0 aliphatic carbocycles. The van der Waals surface area contributed by atoms with Crippen LogP contribution in [0.2, 0.25) is 0 Å². The molecule has 0 atom stereocenters. The number of furan rings is 1. The van der Waals surface area contributed by atoms with E-state index in [0.717, 1.165) is 41.5 Å². The average Bonchev–Trinajstić information content (AvgIpc) is 3.25. The van der Waals surface area contributed by atoms with E-state index in [2.05, 4.69) is 5.32 Å². The monoisotopic (exact) mass is 431 g/mol. The van der Waals surface area contributed by atoms with Gasteiger partial charge in [-0.25, -0.2) is 4.79 Å². The van der Waals surface area contributed by atoms with Crippen LogP contribution in [0, 0.1) is 0 Å².